The molecule has 2 aromatic heterocycles. The fourth-order valence-electron chi connectivity index (χ4n) is 3.59. The molecule has 0 aliphatic carbocycles. The van der Waals surface area contributed by atoms with Crippen LogP contribution in [0.5, 0.6) is 0 Å². The summed E-state index contributed by atoms with van der Waals surface area (Å²) in [6, 6.07) is 31.4. The van der Waals surface area contributed by atoms with Crippen molar-refractivity contribution in [3.8, 4) is 16.8 Å². The Hall–Kier alpha value is -3.61. The standard InChI is InChI=1S/C26H19N3OS2/c30-24-22-16-21(19-12-6-2-7-13-19)25(31)32-23(22)28-26(27-17-18-10-4-1-5-11-18)29(24)20-14-8-3-9-15-20/h1-16H,17H2,(H,27,28). The van der Waals surface area contributed by atoms with E-state index in [1.54, 1.807) is 4.57 Å². The first kappa shape index (κ1) is 20.3. The topological polar surface area (TPSA) is 46.9 Å². The minimum absolute atomic E-state index is 0.125. The predicted octanol–water partition coefficient (Wildman–Crippen LogP) is 6.46. The number of anilines is 1. The largest absolute Gasteiger partial charge is 0.351 e. The molecule has 0 aliphatic heterocycles. The maximum Gasteiger partial charge on any atom is 0.268 e. The number of hydrogen-bond acceptors (Lipinski definition) is 5. The Morgan fingerprint density at radius 1 is 0.875 bits per heavy atom. The van der Waals surface area contributed by atoms with Gasteiger partial charge in [0.25, 0.3) is 5.56 Å². The average molecular weight is 454 g/mol. The maximum absolute atomic E-state index is 13.7. The van der Waals surface area contributed by atoms with Crippen LogP contribution in [0.15, 0.2) is 102 Å². The first-order valence-corrected chi connectivity index (χ1v) is 11.4. The number of para-hydroxylation sites is 1. The summed E-state index contributed by atoms with van der Waals surface area (Å²) < 4.78 is 2.34. The molecule has 0 radical (unpaired) electrons. The third-order valence-corrected chi connectivity index (χ3v) is 6.55. The molecule has 3 aromatic carbocycles. The van der Waals surface area contributed by atoms with Crippen molar-refractivity contribution < 1.29 is 0 Å². The van der Waals surface area contributed by atoms with Crippen LogP contribution in [0.3, 0.4) is 0 Å². The molecule has 0 amide bonds. The summed E-state index contributed by atoms with van der Waals surface area (Å²) in [5.41, 5.74) is 3.61. The van der Waals surface area contributed by atoms with Crippen LogP contribution in [0.4, 0.5) is 5.95 Å². The summed E-state index contributed by atoms with van der Waals surface area (Å²) in [5, 5.41) is 3.90. The minimum atomic E-state index is -0.125. The normalized spacial score (nSPS) is 10.9. The monoisotopic (exact) mass is 453 g/mol. The number of nitrogens with one attached hydrogen (secondary N) is 1. The van der Waals surface area contributed by atoms with Gasteiger partial charge in [-0.2, -0.15) is 0 Å². The Morgan fingerprint density at radius 2 is 1.50 bits per heavy atom. The van der Waals surface area contributed by atoms with Gasteiger partial charge >= 0.3 is 0 Å². The van der Waals surface area contributed by atoms with Gasteiger partial charge in [-0.15, -0.1) is 11.3 Å². The van der Waals surface area contributed by atoms with Crippen LogP contribution in [-0.2, 0) is 6.54 Å². The van der Waals surface area contributed by atoms with Crippen molar-refractivity contribution in [2.45, 2.75) is 6.54 Å². The molecule has 6 heteroatoms. The lowest BCUT2D eigenvalue weighted by atomic mass is 10.1. The lowest BCUT2D eigenvalue weighted by Crippen LogP contribution is -2.23. The smallest absolute Gasteiger partial charge is 0.268 e. The van der Waals surface area contributed by atoms with Gasteiger partial charge < -0.3 is 5.32 Å². The van der Waals surface area contributed by atoms with Crippen molar-refractivity contribution in [1.82, 2.24) is 9.55 Å². The van der Waals surface area contributed by atoms with E-state index in [1.807, 2.05) is 97.1 Å². The van der Waals surface area contributed by atoms with Crippen molar-refractivity contribution in [2.75, 3.05) is 5.32 Å². The third-order valence-electron chi connectivity index (χ3n) is 5.17. The third kappa shape index (κ3) is 3.98. The zero-order valence-electron chi connectivity index (χ0n) is 17.1. The predicted molar refractivity (Wildman–Crippen MR) is 135 cm³/mol. The molecule has 0 aliphatic rings. The fraction of sp³-hybridized carbons (Fsp3) is 0.0385. The maximum atomic E-state index is 13.7. The molecule has 0 unspecified atom stereocenters. The second kappa shape index (κ2) is 8.86. The Labute approximate surface area is 194 Å². The summed E-state index contributed by atoms with van der Waals surface area (Å²) in [6.07, 6.45) is 0. The molecule has 0 spiro atoms. The van der Waals surface area contributed by atoms with Crippen molar-refractivity contribution in [3.63, 3.8) is 0 Å². The van der Waals surface area contributed by atoms with Crippen LogP contribution in [0, 0.1) is 3.82 Å². The highest BCUT2D eigenvalue weighted by atomic mass is 32.1. The molecule has 4 nitrogen and oxygen atoms in total. The van der Waals surface area contributed by atoms with Gasteiger partial charge in [0.2, 0.25) is 5.95 Å². The molecule has 0 bridgehead atoms. The Balaban J connectivity index is 1.70. The van der Waals surface area contributed by atoms with Gasteiger partial charge in [-0.25, -0.2) is 9.55 Å². The second-order valence-corrected chi connectivity index (χ2v) is 8.95. The number of aromatic nitrogens is 2. The van der Waals surface area contributed by atoms with E-state index in [0.29, 0.717) is 26.5 Å². The highest BCUT2D eigenvalue weighted by molar-refractivity contribution is 7.74. The summed E-state index contributed by atoms with van der Waals surface area (Å²) in [4.78, 5) is 19.2. The summed E-state index contributed by atoms with van der Waals surface area (Å²) in [6.45, 7) is 0.555. The first-order valence-electron chi connectivity index (χ1n) is 10.2. The molecular formula is C26H19N3OS2. The molecule has 0 saturated carbocycles. The molecule has 156 valence electrons. The van der Waals surface area contributed by atoms with Gasteiger partial charge in [0.1, 0.15) is 4.83 Å². The van der Waals surface area contributed by atoms with Gasteiger partial charge in [0, 0.05) is 12.1 Å². The first-order chi connectivity index (χ1) is 15.7. The quantitative estimate of drug-likeness (QED) is 0.310. The van der Waals surface area contributed by atoms with Crippen LogP contribution in [-0.4, -0.2) is 9.55 Å². The van der Waals surface area contributed by atoms with Crippen molar-refractivity contribution >= 4 is 39.7 Å². The number of nitrogens with zero attached hydrogens (tertiary/aromatic N) is 2. The van der Waals surface area contributed by atoms with Crippen LogP contribution < -0.4 is 10.9 Å². The lowest BCUT2D eigenvalue weighted by Gasteiger charge is -2.15. The van der Waals surface area contributed by atoms with Gasteiger partial charge in [-0.3, -0.25) is 4.79 Å². The van der Waals surface area contributed by atoms with Crippen LogP contribution in [0.1, 0.15) is 5.56 Å². The zero-order valence-corrected chi connectivity index (χ0v) is 18.7. The Morgan fingerprint density at radius 3 is 2.19 bits per heavy atom. The zero-order chi connectivity index (χ0) is 21.9. The highest BCUT2D eigenvalue weighted by Crippen LogP contribution is 2.29. The van der Waals surface area contributed by atoms with E-state index < -0.39 is 0 Å². The number of benzene rings is 3. The molecule has 5 rings (SSSR count). The van der Waals surface area contributed by atoms with Crippen molar-refractivity contribution in [1.29, 1.82) is 0 Å². The summed E-state index contributed by atoms with van der Waals surface area (Å²) in [7, 11) is 0. The lowest BCUT2D eigenvalue weighted by molar-refractivity contribution is 0.940. The van der Waals surface area contributed by atoms with Crippen LogP contribution in [0.25, 0.3) is 27.0 Å². The molecule has 0 saturated heterocycles. The highest BCUT2D eigenvalue weighted by Gasteiger charge is 2.15. The molecule has 0 atom stereocenters. The van der Waals surface area contributed by atoms with E-state index in [-0.39, 0.29) is 5.56 Å². The van der Waals surface area contributed by atoms with E-state index in [2.05, 4.69) is 5.32 Å². The van der Waals surface area contributed by atoms with Gasteiger partial charge in [-0.1, -0.05) is 91.1 Å². The van der Waals surface area contributed by atoms with Crippen molar-refractivity contribution in [2.24, 2.45) is 0 Å². The van der Waals surface area contributed by atoms with Crippen molar-refractivity contribution in [3.05, 3.63) is 117 Å². The van der Waals surface area contributed by atoms with E-state index >= 15 is 0 Å². The van der Waals surface area contributed by atoms with E-state index in [0.717, 1.165) is 22.4 Å². The summed E-state index contributed by atoms with van der Waals surface area (Å²) >= 11 is 7.03. The number of fused-ring (bicyclic) bond motifs is 1. The summed E-state index contributed by atoms with van der Waals surface area (Å²) in [5.74, 6) is 0.496. The van der Waals surface area contributed by atoms with E-state index in [4.69, 9.17) is 17.2 Å². The molecule has 5 aromatic rings. The molecule has 32 heavy (non-hydrogen) atoms. The number of rotatable bonds is 5. The Bertz CT molecular complexity index is 1500. The van der Waals surface area contributed by atoms with Gasteiger partial charge in [0.15, 0.2) is 0 Å². The Kier molecular flexibility index (Phi) is 5.62. The van der Waals surface area contributed by atoms with Crippen LogP contribution in [0.2, 0.25) is 0 Å². The fourth-order valence-corrected chi connectivity index (χ4v) is 4.86. The average Bonchev–Trinajstić information content (AvgIpc) is 2.84. The van der Waals surface area contributed by atoms with Crippen LogP contribution >= 0.6 is 23.6 Å². The van der Waals surface area contributed by atoms with Gasteiger partial charge in [-0.05, 0) is 29.3 Å². The molecular weight excluding hydrogens is 434 g/mol. The van der Waals surface area contributed by atoms with E-state index in [1.165, 1.54) is 11.3 Å². The van der Waals surface area contributed by atoms with E-state index in [9.17, 15) is 4.79 Å². The SMILES string of the molecule is O=c1c2cc(-c3ccccc3)c(=S)sc2nc(NCc2ccccc2)n1-c1ccccc1. The minimum Gasteiger partial charge on any atom is -0.351 e. The second-order valence-electron chi connectivity index (χ2n) is 7.28. The molecule has 1 N–H and O–H groups in total. The molecule has 0 fully saturated rings. The molecule has 2 heterocycles. The number of hydrogen-bond donors (Lipinski definition) is 1. The van der Waals surface area contributed by atoms with Gasteiger partial charge in [0.05, 0.1) is 14.9 Å².